The van der Waals surface area contributed by atoms with Gasteiger partial charge >= 0.3 is 12.1 Å². The predicted molar refractivity (Wildman–Crippen MR) is 169 cm³/mol. The number of sulfonamides is 1. The van der Waals surface area contributed by atoms with Gasteiger partial charge in [-0.1, -0.05) is 54.6 Å². The number of nitrogens with zero attached hydrogens (tertiary/aromatic N) is 2. The molecule has 46 heavy (non-hydrogen) atoms. The van der Waals surface area contributed by atoms with Gasteiger partial charge in [-0.25, -0.2) is 13.2 Å². The lowest BCUT2D eigenvalue weighted by Crippen LogP contribution is -2.54. The first kappa shape index (κ1) is 32.4. The molecule has 13 heteroatoms. The van der Waals surface area contributed by atoms with Crippen molar-refractivity contribution in [2.24, 2.45) is 0 Å². The highest BCUT2D eigenvalue weighted by atomic mass is 79.9. The summed E-state index contributed by atoms with van der Waals surface area (Å²) in [5.74, 6) is -0.872. The van der Waals surface area contributed by atoms with E-state index in [-0.39, 0.29) is 27.6 Å². The van der Waals surface area contributed by atoms with Crippen LogP contribution in [0.5, 0.6) is 0 Å². The molecule has 0 amide bonds. The quantitative estimate of drug-likeness (QED) is 0.252. The topological polar surface area (TPSA) is 106 Å². The number of alkyl halides is 3. The minimum Gasteiger partial charge on any atom is -0.467 e. The van der Waals surface area contributed by atoms with Gasteiger partial charge in [-0.15, -0.1) is 0 Å². The highest BCUT2D eigenvalue weighted by molar-refractivity contribution is 9.10. The number of aromatic nitrogens is 1. The summed E-state index contributed by atoms with van der Waals surface area (Å²) in [5, 5.41) is 11.2. The van der Waals surface area contributed by atoms with Crippen LogP contribution < -0.4 is 5.56 Å². The van der Waals surface area contributed by atoms with Crippen LogP contribution >= 0.6 is 15.9 Å². The van der Waals surface area contributed by atoms with E-state index in [2.05, 4.69) is 15.9 Å². The van der Waals surface area contributed by atoms with E-state index in [1.165, 1.54) is 12.1 Å². The maximum Gasteiger partial charge on any atom is 0.416 e. The van der Waals surface area contributed by atoms with Crippen molar-refractivity contribution >= 4 is 42.7 Å². The molecular weight excluding hydrogens is 689 g/mol. The lowest BCUT2D eigenvalue weighted by atomic mass is 9.92. The molecule has 0 saturated heterocycles. The highest BCUT2D eigenvalue weighted by Crippen LogP contribution is 2.43. The fraction of sp³-hybridized carbons (Fsp3) is 0.333. The molecule has 1 fully saturated rings. The Balaban J connectivity index is 1.70. The second-order valence-corrected chi connectivity index (χ2v) is 14.2. The van der Waals surface area contributed by atoms with E-state index >= 15 is 0 Å². The van der Waals surface area contributed by atoms with Gasteiger partial charge in [-0.3, -0.25) is 9.36 Å². The normalized spacial score (nSPS) is 21.6. The van der Waals surface area contributed by atoms with E-state index in [4.69, 9.17) is 4.74 Å². The molecule has 1 N–H and O–H groups in total. The van der Waals surface area contributed by atoms with E-state index in [1.807, 2.05) is 42.5 Å². The standard InChI is InChI=1S/C33H30BrF3N2O6S/c1-45-32(42)27-18-38(23-12-14-24(40)15-13-23)46(43,44)31-28(21-9-5-10-22(16-21)33(35,36)37)26(29(34)30(41)39(27)31)17-20-8-4-7-19-6-2-3-11-25(19)20/h2-11,16,23-24,27,40H,12-15,17-18H2,1H3/t23-,24+,27?. The Morgan fingerprint density at radius 2 is 1.70 bits per heavy atom. The van der Waals surface area contributed by atoms with Gasteiger partial charge in [-0.05, 0) is 81.2 Å². The van der Waals surface area contributed by atoms with Crippen molar-refractivity contribution < 1.29 is 36.2 Å². The minimum atomic E-state index is -4.74. The SMILES string of the molecule is COC(=O)C1CN([C@H]2CC[C@@H](O)CC2)S(=O)(=O)c2c(-c3cccc(C(F)(F)F)c3)c(Cc3cccc4ccccc34)c(Br)c(=O)n21. The van der Waals surface area contributed by atoms with Crippen LogP contribution in [0.3, 0.4) is 0 Å². The number of carbonyl (C=O) groups is 1. The molecule has 1 aromatic heterocycles. The molecule has 2 heterocycles. The average molecular weight is 720 g/mol. The van der Waals surface area contributed by atoms with Crippen LogP contribution in [0, 0.1) is 0 Å². The smallest absolute Gasteiger partial charge is 0.416 e. The van der Waals surface area contributed by atoms with Gasteiger partial charge in [0.1, 0.15) is 6.04 Å². The zero-order valence-electron chi connectivity index (χ0n) is 24.6. The van der Waals surface area contributed by atoms with E-state index in [0.29, 0.717) is 31.2 Å². The predicted octanol–water partition coefficient (Wildman–Crippen LogP) is 6.06. The molecule has 2 aliphatic rings. The van der Waals surface area contributed by atoms with E-state index < -0.39 is 63.0 Å². The van der Waals surface area contributed by atoms with Crippen molar-refractivity contribution in [2.45, 2.75) is 61.5 Å². The number of ether oxygens (including phenoxy) is 1. The Morgan fingerprint density at radius 3 is 2.39 bits per heavy atom. The first-order valence-corrected chi connectivity index (χ1v) is 16.9. The Morgan fingerprint density at radius 1 is 1.02 bits per heavy atom. The number of aliphatic hydroxyl groups is 1. The van der Waals surface area contributed by atoms with Gasteiger partial charge in [-0.2, -0.15) is 17.5 Å². The summed E-state index contributed by atoms with van der Waals surface area (Å²) in [6.07, 6.45) is -4.08. The van der Waals surface area contributed by atoms with Crippen molar-refractivity contribution in [1.29, 1.82) is 0 Å². The van der Waals surface area contributed by atoms with Crippen LogP contribution in [0.1, 0.15) is 48.4 Å². The Kier molecular flexibility index (Phi) is 8.64. The molecule has 6 rings (SSSR count). The number of esters is 1. The maximum atomic E-state index is 14.7. The number of benzene rings is 3. The van der Waals surface area contributed by atoms with Crippen LogP contribution in [0.15, 0.2) is 81.0 Å². The zero-order chi connectivity index (χ0) is 33.0. The second kappa shape index (κ2) is 12.3. The summed E-state index contributed by atoms with van der Waals surface area (Å²) < 4.78 is 78.4. The van der Waals surface area contributed by atoms with Gasteiger partial charge in [0.15, 0.2) is 5.03 Å². The monoisotopic (exact) mass is 718 g/mol. The van der Waals surface area contributed by atoms with Crippen molar-refractivity contribution in [3.63, 3.8) is 0 Å². The number of carbonyl (C=O) groups excluding carboxylic acids is 1. The van der Waals surface area contributed by atoms with Crippen molar-refractivity contribution in [3.05, 3.63) is 98.2 Å². The van der Waals surface area contributed by atoms with Gasteiger partial charge in [0, 0.05) is 24.6 Å². The van der Waals surface area contributed by atoms with Crippen molar-refractivity contribution in [2.75, 3.05) is 13.7 Å². The molecule has 1 aliphatic carbocycles. The lowest BCUT2D eigenvalue weighted by molar-refractivity contribution is -0.145. The van der Waals surface area contributed by atoms with Crippen LogP contribution in [-0.2, 0) is 32.2 Å². The Hall–Kier alpha value is -3.52. The molecule has 1 aliphatic heterocycles. The summed E-state index contributed by atoms with van der Waals surface area (Å²) in [6.45, 7) is -0.403. The molecule has 4 aromatic rings. The maximum absolute atomic E-state index is 14.7. The number of halogens is 4. The fourth-order valence-electron chi connectivity index (χ4n) is 6.64. The molecule has 1 saturated carbocycles. The molecular formula is C33H30BrF3N2O6S. The number of methoxy groups -OCH3 is 1. The Labute approximate surface area is 271 Å². The van der Waals surface area contributed by atoms with E-state index in [9.17, 15) is 36.3 Å². The number of hydrogen-bond acceptors (Lipinski definition) is 6. The number of hydrogen-bond donors (Lipinski definition) is 1. The molecule has 0 spiro atoms. The summed E-state index contributed by atoms with van der Waals surface area (Å²) in [4.78, 5) is 27.4. The van der Waals surface area contributed by atoms with Gasteiger partial charge in [0.25, 0.3) is 15.6 Å². The number of aliphatic hydroxyl groups excluding tert-OH is 1. The number of rotatable bonds is 5. The minimum absolute atomic E-state index is 0.00930. The molecule has 3 aromatic carbocycles. The summed E-state index contributed by atoms with van der Waals surface area (Å²) >= 11 is 3.38. The molecule has 0 bridgehead atoms. The third kappa shape index (κ3) is 5.67. The molecule has 1 unspecified atom stereocenters. The summed E-state index contributed by atoms with van der Waals surface area (Å²) in [5.41, 5.74) is -1.13. The third-order valence-electron chi connectivity index (χ3n) is 8.90. The van der Waals surface area contributed by atoms with Crippen LogP contribution in [0.2, 0.25) is 0 Å². The van der Waals surface area contributed by atoms with E-state index in [1.54, 1.807) is 0 Å². The van der Waals surface area contributed by atoms with Crippen LogP contribution in [-0.4, -0.2) is 54.2 Å². The zero-order valence-corrected chi connectivity index (χ0v) is 27.0. The Bertz CT molecular complexity index is 2000. The van der Waals surface area contributed by atoms with E-state index in [0.717, 1.165) is 38.9 Å². The fourth-order valence-corrected chi connectivity index (χ4v) is 9.29. The third-order valence-corrected chi connectivity index (χ3v) is 11.7. The molecule has 242 valence electrons. The molecule has 0 radical (unpaired) electrons. The largest absolute Gasteiger partial charge is 0.467 e. The second-order valence-electron chi connectivity index (χ2n) is 11.6. The lowest BCUT2D eigenvalue weighted by Gasteiger charge is -2.41. The highest BCUT2D eigenvalue weighted by Gasteiger charge is 2.47. The number of fused-ring (bicyclic) bond motifs is 2. The molecule has 1 atom stereocenters. The van der Waals surface area contributed by atoms with Crippen molar-refractivity contribution in [3.8, 4) is 11.1 Å². The van der Waals surface area contributed by atoms with Gasteiger partial charge in [0.05, 0.1) is 23.2 Å². The first-order chi connectivity index (χ1) is 21.8. The van der Waals surface area contributed by atoms with Crippen LogP contribution in [0.4, 0.5) is 13.2 Å². The van der Waals surface area contributed by atoms with Gasteiger partial charge < -0.3 is 9.84 Å². The number of pyridine rings is 1. The average Bonchev–Trinajstić information content (AvgIpc) is 3.03. The first-order valence-electron chi connectivity index (χ1n) is 14.7. The summed E-state index contributed by atoms with van der Waals surface area (Å²) in [6, 6.07) is 15.3. The summed E-state index contributed by atoms with van der Waals surface area (Å²) in [7, 11) is -3.47. The van der Waals surface area contributed by atoms with Crippen molar-refractivity contribution in [1.82, 2.24) is 8.87 Å². The molecule has 8 nitrogen and oxygen atoms in total. The van der Waals surface area contributed by atoms with Crippen LogP contribution in [0.25, 0.3) is 21.9 Å². The van der Waals surface area contributed by atoms with Gasteiger partial charge in [0.2, 0.25) is 0 Å².